The lowest BCUT2D eigenvalue weighted by Crippen LogP contribution is -2.32. The quantitative estimate of drug-likeness (QED) is 0.706. The molecule has 5 nitrogen and oxygen atoms in total. The van der Waals surface area contributed by atoms with Crippen molar-refractivity contribution in [2.24, 2.45) is 0 Å². The van der Waals surface area contributed by atoms with Crippen LogP contribution >= 0.6 is 11.3 Å². The summed E-state index contributed by atoms with van der Waals surface area (Å²) in [5, 5.41) is 6.56. The molecule has 0 bridgehead atoms. The van der Waals surface area contributed by atoms with E-state index in [4.69, 9.17) is 14.5 Å². The molecule has 2 rings (SSSR count). The number of likely N-dealkylation sites (N-methyl/N-ethyl adjacent to an activating group) is 1. The van der Waals surface area contributed by atoms with Gasteiger partial charge in [-0.1, -0.05) is 0 Å². The van der Waals surface area contributed by atoms with Crippen LogP contribution in [0.1, 0.15) is 25.5 Å². The van der Waals surface area contributed by atoms with Crippen LogP contribution in [0.15, 0.2) is 5.38 Å². The Morgan fingerprint density at radius 3 is 3.20 bits per heavy atom. The van der Waals surface area contributed by atoms with Gasteiger partial charge >= 0.3 is 0 Å². The van der Waals surface area contributed by atoms with E-state index in [0.717, 1.165) is 50.2 Å². The van der Waals surface area contributed by atoms with Gasteiger partial charge in [0.1, 0.15) is 0 Å². The lowest BCUT2D eigenvalue weighted by Gasteiger charge is -2.23. The van der Waals surface area contributed by atoms with Gasteiger partial charge < -0.3 is 19.7 Å². The highest BCUT2D eigenvalue weighted by atomic mass is 32.1. The van der Waals surface area contributed by atoms with E-state index in [-0.39, 0.29) is 0 Å². The molecule has 1 aromatic rings. The number of nitrogens with zero attached hydrogens (tertiary/aromatic N) is 2. The normalized spacial score (nSPS) is 18.6. The van der Waals surface area contributed by atoms with Crippen LogP contribution in [0.25, 0.3) is 0 Å². The van der Waals surface area contributed by atoms with Crippen LogP contribution in [-0.4, -0.2) is 51.0 Å². The van der Waals surface area contributed by atoms with E-state index in [1.54, 1.807) is 18.4 Å². The summed E-state index contributed by atoms with van der Waals surface area (Å²) in [5.74, 6) is 0. The highest BCUT2D eigenvalue weighted by molar-refractivity contribution is 7.13. The first-order chi connectivity index (χ1) is 9.83. The minimum atomic E-state index is 0.377. The summed E-state index contributed by atoms with van der Waals surface area (Å²) >= 11 is 1.72. The van der Waals surface area contributed by atoms with Crippen molar-refractivity contribution < 1.29 is 9.47 Å². The third kappa shape index (κ3) is 4.70. The average Bonchev–Trinajstić information content (AvgIpc) is 3.12. The van der Waals surface area contributed by atoms with Crippen molar-refractivity contribution in [3.8, 4) is 0 Å². The zero-order chi connectivity index (χ0) is 14.2. The molecule has 1 fully saturated rings. The van der Waals surface area contributed by atoms with Gasteiger partial charge in [-0.05, 0) is 19.8 Å². The molecule has 2 heterocycles. The summed E-state index contributed by atoms with van der Waals surface area (Å²) < 4.78 is 10.7. The SMILES string of the molecule is CCN(CC1CCCO1)c1nc(CNCCOC)cs1. The first-order valence-corrected chi connectivity index (χ1v) is 8.22. The largest absolute Gasteiger partial charge is 0.383 e. The van der Waals surface area contributed by atoms with E-state index in [1.165, 1.54) is 12.8 Å². The van der Waals surface area contributed by atoms with E-state index in [2.05, 4.69) is 22.5 Å². The van der Waals surface area contributed by atoms with Crippen molar-refractivity contribution in [1.82, 2.24) is 10.3 Å². The van der Waals surface area contributed by atoms with Crippen molar-refractivity contribution in [1.29, 1.82) is 0 Å². The van der Waals surface area contributed by atoms with Gasteiger partial charge in [-0.2, -0.15) is 0 Å². The van der Waals surface area contributed by atoms with Crippen LogP contribution in [0.3, 0.4) is 0 Å². The zero-order valence-corrected chi connectivity index (χ0v) is 13.2. The van der Waals surface area contributed by atoms with Crippen molar-refractivity contribution >= 4 is 16.5 Å². The highest BCUT2D eigenvalue weighted by Crippen LogP contribution is 2.23. The molecule has 0 aliphatic carbocycles. The van der Waals surface area contributed by atoms with Gasteiger partial charge in [0.05, 0.1) is 18.4 Å². The van der Waals surface area contributed by atoms with Gasteiger partial charge in [0, 0.05) is 45.3 Å². The van der Waals surface area contributed by atoms with E-state index >= 15 is 0 Å². The number of anilines is 1. The number of thiazole rings is 1. The standard InChI is InChI=1S/C14H25N3O2S/c1-3-17(10-13-5-4-7-19-13)14-16-12(11-20-14)9-15-6-8-18-2/h11,13,15H,3-10H2,1-2H3. The predicted octanol–water partition coefficient (Wildman–Crippen LogP) is 1.88. The number of aromatic nitrogens is 1. The Kier molecular flexibility index (Phi) is 6.72. The van der Waals surface area contributed by atoms with Gasteiger partial charge in [0.25, 0.3) is 0 Å². The Labute approximate surface area is 125 Å². The first-order valence-electron chi connectivity index (χ1n) is 7.34. The maximum absolute atomic E-state index is 5.71. The monoisotopic (exact) mass is 299 g/mol. The number of hydrogen-bond donors (Lipinski definition) is 1. The van der Waals surface area contributed by atoms with Gasteiger partial charge in [0.2, 0.25) is 0 Å². The van der Waals surface area contributed by atoms with Crippen molar-refractivity contribution in [2.45, 2.75) is 32.4 Å². The highest BCUT2D eigenvalue weighted by Gasteiger charge is 2.20. The predicted molar refractivity (Wildman–Crippen MR) is 82.6 cm³/mol. The van der Waals surface area contributed by atoms with Crippen LogP contribution in [0.2, 0.25) is 0 Å². The lowest BCUT2D eigenvalue weighted by atomic mass is 10.2. The van der Waals surface area contributed by atoms with Crippen LogP contribution in [0.5, 0.6) is 0 Å². The second kappa shape index (κ2) is 8.56. The van der Waals surface area contributed by atoms with Crippen molar-refractivity contribution in [3.05, 3.63) is 11.1 Å². The van der Waals surface area contributed by atoms with E-state index in [0.29, 0.717) is 6.10 Å². The molecular weight excluding hydrogens is 274 g/mol. The maximum Gasteiger partial charge on any atom is 0.185 e. The third-order valence-electron chi connectivity index (χ3n) is 3.43. The molecule has 0 amide bonds. The molecule has 0 saturated carbocycles. The Bertz CT molecular complexity index is 380. The number of rotatable bonds is 9. The molecule has 0 aromatic carbocycles. The maximum atomic E-state index is 5.71. The van der Waals surface area contributed by atoms with E-state index < -0.39 is 0 Å². The number of nitrogens with one attached hydrogen (secondary N) is 1. The summed E-state index contributed by atoms with van der Waals surface area (Å²) in [6.45, 7) is 7.41. The Balaban J connectivity index is 1.81. The van der Waals surface area contributed by atoms with E-state index in [9.17, 15) is 0 Å². The van der Waals surface area contributed by atoms with Crippen molar-refractivity contribution in [2.75, 3.05) is 44.9 Å². The van der Waals surface area contributed by atoms with Gasteiger partial charge in [-0.25, -0.2) is 4.98 Å². The number of hydrogen-bond acceptors (Lipinski definition) is 6. The lowest BCUT2D eigenvalue weighted by molar-refractivity contribution is 0.115. The Morgan fingerprint density at radius 1 is 1.60 bits per heavy atom. The molecule has 1 N–H and O–H groups in total. The average molecular weight is 299 g/mol. The second-order valence-corrected chi connectivity index (χ2v) is 5.80. The fourth-order valence-corrected chi connectivity index (χ4v) is 3.19. The summed E-state index contributed by atoms with van der Waals surface area (Å²) in [4.78, 5) is 7.03. The number of ether oxygens (including phenoxy) is 2. The molecule has 1 unspecified atom stereocenters. The third-order valence-corrected chi connectivity index (χ3v) is 4.38. The minimum absolute atomic E-state index is 0.377. The smallest absolute Gasteiger partial charge is 0.185 e. The molecule has 114 valence electrons. The molecule has 1 aromatic heterocycles. The van der Waals surface area contributed by atoms with Crippen LogP contribution in [0, 0.1) is 0 Å². The molecule has 1 aliphatic rings. The Hall–Kier alpha value is -0.690. The van der Waals surface area contributed by atoms with Crippen molar-refractivity contribution in [3.63, 3.8) is 0 Å². The molecular formula is C14H25N3O2S. The fourth-order valence-electron chi connectivity index (χ4n) is 2.29. The summed E-state index contributed by atoms with van der Waals surface area (Å²) in [6.07, 6.45) is 2.74. The summed E-state index contributed by atoms with van der Waals surface area (Å²) in [6, 6.07) is 0. The van der Waals surface area contributed by atoms with Gasteiger partial charge in [-0.15, -0.1) is 11.3 Å². The topological polar surface area (TPSA) is 46.6 Å². The molecule has 1 saturated heterocycles. The molecule has 1 atom stereocenters. The van der Waals surface area contributed by atoms with Crippen LogP contribution in [-0.2, 0) is 16.0 Å². The molecule has 20 heavy (non-hydrogen) atoms. The van der Waals surface area contributed by atoms with Gasteiger partial charge in [0.15, 0.2) is 5.13 Å². The first kappa shape index (κ1) is 15.7. The van der Waals surface area contributed by atoms with Crippen LogP contribution < -0.4 is 10.2 Å². The summed E-state index contributed by atoms with van der Waals surface area (Å²) in [5.41, 5.74) is 1.10. The van der Waals surface area contributed by atoms with Crippen LogP contribution in [0.4, 0.5) is 5.13 Å². The molecule has 1 aliphatic heterocycles. The fraction of sp³-hybridized carbons (Fsp3) is 0.786. The molecule has 0 radical (unpaired) electrons. The minimum Gasteiger partial charge on any atom is -0.383 e. The molecule has 6 heteroatoms. The van der Waals surface area contributed by atoms with Gasteiger partial charge in [-0.3, -0.25) is 0 Å². The zero-order valence-electron chi connectivity index (χ0n) is 12.4. The summed E-state index contributed by atoms with van der Waals surface area (Å²) in [7, 11) is 1.72. The van der Waals surface area contributed by atoms with E-state index in [1.807, 2.05) is 0 Å². The molecule has 0 spiro atoms. The number of methoxy groups -OCH3 is 1. The Morgan fingerprint density at radius 2 is 2.50 bits per heavy atom. The second-order valence-electron chi connectivity index (χ2n) is 4.96.